The van der Waals surface area contributed by atoms with Gasteiger partial charge >= 0.3 is 0 Å². The van der Waals surface area contributed by atoms with Crippen molar-refractivity contribution in [3.8, 4) is 0 Å². The van der Waals surface area contributed by atoms with Gasteiger partial charge in [0, 0.05) is 6.54 Å². The summed E-state index contributed by atoms with van der Waals surface area (Å²) in [6.45, 7) is 0.654. The Labute approximate surface area is 59.9 Å². The van der Waals surface area contributed by atoms with E-state index in [1.165, 1.54) is 0 Å². The van der Waals surface area contributed by atoms with Gasteiger partial charge in [-0.2, -0.15) is 0 Å². The summed E-state index contributed by atoms with van der Waals surface area (Å²) in [5.41, 5.74) is 12.7. The molecule has 10 heavy (non-hydrogen) atoms. The van der Waals surface area contributed by atoms with Crippen LogP contribution in [0.4, 0.5) is 0 Å². The Balaban J connectivity index is 3.21. The van der Waals surface area contributed by atoms with Crippen LogP contribution in [0.5, 0.6) is 0 Å². The van der Waals surface area contributed by atoms with Crippen LogP contribution in [0.2, 0.25) is 0 Å². The lowest BCUT2D eigenvalue weighted by Gasteiger charge is -2.05. The Morgan fingerprint density at radius 2 is 2.20 bits per heavy atom. The molecule has 0 radical (unpaired) electrons. The smallest absolute Gasteiger partial charge is 0.234 e. The number of hydrogen-bond donors (Lipinski definition) is 4. The second-order valence-electron chi connectivity index (χ2n) is 2.11. The predicted molar refractivity (Wildman–Crippen MR) is 38.6 cm³/mol. The molecule has 0 bridgehead atoms. The van der Waals surface area contributed by atoms with Crippen LogP contribution in [0, 0.1) is 0 Å². The zero-order valence-corrected chi connectivity index (χ0v) is 5.84. The minimum absolute atomic E-state index is 0.461. The fourth-order valence-electron chi connectivity index (χ4n) is 0.566. The molecule has 0 aliphatic carbocycles. The molecule has 0 aromatic rings. The van der Waals surface area contributed by atoms with Crippen LogP contribution in [0.1, 0.15) is 12.8 Å². The quantitative estimate of drug-likeness (QED) is 0.205. The highest BCUT2D eigenvalue weighted by atomic mass is 16.1. The molecule has 0 saturated carbocycles. The van der Waals surface area contributed by atoms with Gasteiger partial charge < -0.3 is 11.5 Å². The van der Waals surface area contributed by atoms with Gasteiger partial charge in [0.15, 0.2) is 0 Å². The Hall–Kier alpha value is -0.650. The minimum Gasteiger partial charge on any atom is -0.368 e. The number of carbonyl (C=O) groups is 1. The molecular weight excluding hydrogens is 132 g/mol. The van der Waals surface area contributed by atoms with Gasteiger partial charge in [-0.1, -0.05) is 0 Å². The third-order valence-corrected chi connectivity index (χ3v) is 1.20. The van der Waals surface area contributed by atoms with E-state index in [0.29, 0.717) is 13.0 Å². The molecule has 7 N–H and O–H groups in total. The van der Waals surface area contributed by atoms with Gasteiger partial charge in [-0.3, -0.25) is 16.1 Å². The van der Waals surface area contributed by atoms with E-state index in [0.717, 1.165) is 6.42 Å². The van der Waals surface area contributed by atoms with Gasteiger partial charge in [0.1, 0.15) is 0 Å². The summed E-state index contributed by atoms with van der Waals surface area (Å²) in [4.78, 5) is 10.3. The van der Waals surface area contributed by atoms with Crippen LogP contribution >= 0.6 is 0 Å². The highest BCUT2D eigenvalue weighted by Crippen LogP contribution is 1.90. The number of carbonyl (C=O) groups excluding carboxylic acids is 1. The van der Waals surface area contributed by atoms with Gasteiger partial charge in [-0.05, 0) is 12.8 Å². The maximum Gasteiger partial charge on any atom is 0.234 e. The van der Waals surface area contributed by atoms with Crippen molar-refractivity contribution >= 4 is 5.91 Å². The maximum absolute atomic E-state index is 10.3. The van der Waals surface area contributed by atoms with E-state index < -0.39 is 11.9 Å². The number of hydrazine groups is 1. The normalized spacial score (nSPS) is 13.0. The number of hydrogen-bond acceptors (Lipinski definition) is 4. The summed E-state index contributed by atoms with van der Waals surface area (Å²) in [6.07, 6.45) is 1.35. The first-order chi connectivity index (χ1) is 4.68. The fraction of sp³-hybridized carbons (Fsp3) is 0.800. The molecule has 0 spiro atoms. The Kier molecular flexibility index (Phi) is 4.82. The molecule has 5 heteroatoms. The lowest BCUT2D eigenvalue weighted by atomic mass is 10.1. The average Bonchev–Trinajstić information content (AvgIpc) is 1.88. The Morgan fingerprint density at radius 3 is 2.60 bits per heavy atom. The molecule has 0 aliphatic heterocycles. The average molecular weight is 146 g/mol. The summed E-state index contributed by atoms with van der Waals surface area (Å²) in [5, 5.41) is 0. The summed E-state index contributed by atoms with van der Waals surface area (Å²) in [6, 6.07) is -0.534. The van der Waals surface area contributed by atoms with E-state index in [-0.39, 0.29) is 0 Å². The molecule has 0 aliphatic rings. The summed E-state index contributed by atoms with van der Waals surface area (Å²) in [7, 11) is 0. The van der Waals surface area contributed by atoms with E-state index in [9.17, 15) is 4.79 Å². The second kappa shape index (κ2) is 5.16. The zero-order valence-electron chi connectivity index (χ0n) is 5.84. The van der Waals surface area contributed by atoms with Crippen molar-refractivity contribution in [1.29, 1.82) is 0 Å². The van der Waals surface area contributed by atoms with Crippen LogP contribution in [0.3, 0.4) is 0 Å². The van der Waals surface area contributed by atoms with E-state index in [4.69, 9.17) is 17.3 Å². The molecule has 0 aromatic heterocycles. The zero-order chi connectivity index (χ0) is 7.98. The van der Waals surface area contributed by atoms with E-state index in [1.54, 1.807) is 0 Å². The third kappa shape index (κ3) is 4.25. The molecular formula is C5H14N4O. The number of amides is 1. The molecule has 0 rings (SSSR count). The number of rotatable bonds is 5. The topological polar surface area (TPSA) is 107 Å². The lowest BCUT2D eigenvalue weighted by Crippen LogP contribution is -2.37. The fourth-order valence-corrected chi connectivity index (χ4v) is 0.566. The van der Waals surface area contributed by atoms with Crippen LogP contribution in [-0.4, -0.2) is 18.5 Å². The third-order valence-electron chi connectivity index (χ3n) is 1.20. The number of primary amides is 1. The second-order valence-corrected chi connectivity index (χ2v) is 2.11. The molecule has 0 aromatic carbocycles. The van der Waals surface area contributed by atoms with E-state index in [2.05, 4.69) is 5.43 Å². The van der Waals surface area contributed by atoms with Gasteiger partial charge in [0.05, 0.1) is 6.04 Å². The van der Waals surface area contributed by atoms with Crippen LogP contribution in [-0.2, 0) is 4.79 Å². The maximum atomic E-state index is 10.3. The van der Waals surface area contributed by atoms with Crippen molar-refractivity contribution in [2.24, 2.45) is 17.3 Å². The molecule has 1 atom stereocenters. The van der Waals surface area contributed by atoms with E-state index >= 15 is 0 Å². The standard InChI is InChI=1S/C5H14N4O/c6-4(5(7)10)2-1-3-9-8/h4,9H,1-3,6,8H2,(H2,7,10)/t4-/m0/s1. The monoisotopic (exact) mass is 146 g/mol. The summed E-state index contributed by atoms with van der Waals surface area (Å²) >= 11 is 0. The number of nitrogens with two attached hydrogens (primary N) is 3. The van der Waals surface area contributed by atoms with Crippen molar-refractivity contribution in [3.63, 3.8) is 0 Å². The van der Waals surface area contributed by atoms with Crippen LogP contribution in [0.15, 0.2) is 0 Å². The first kappa shape index (κ1) is 9.35. The lowest BCUT2D eigenvalue weighted by molar-refractivity contribution is -0.119. The predicted octanol–water partition coefficient (Wildman–Crippen LogP) is -1.96. The highest BCUT2D eigenvalue weighted by Gasteiger charge is 2.06. The first-order valence-electron chi connectivity index (χ1n) is 3.17. The van der Waals surface area contributed by atoms with Crippen molar-refractivity contribution in [2.45, 2.75) is 18.9 Å². The molecule has 0 saturated heterocycles. The largest absolute Gasteiger partial charge is 0.368 e. The number of nitrogens with one attached hydrogen (secondary N) is 1. The summed E-state index contributed by atoms with van der Waals surface area (Å²) in [5.74, 6) is 4.52. The Morgan fingerprint density at radius 1 is 1.60 bits per heavy atom. The molecule has 0 heterocycles. The van der Waals surface area contributed by atoms with Crippen LogP contribution < -0.4 is 22.7 Å². The van der Waals surface area contributed by atoms with Gasteiger partial charge in [0.25, 0.3) is 0 Å². The Bertz CT molecular complexity index is 106. The van der Waals surface area contributed by atoms with E-state index in [1.807, 2.05) is 0 Å². The van der Waals surface area contributed by atoms with Crippen molar-refractivity contribution in [3.05, 3.63) is 0 Å². The van der Waals surface area contributed by atoms with Gasteiger partial charge in [0.2, 0.25) is 5.91 Å². The SMILES string of the molecule is NNCCC[C@H](N)C(N)=O. The van der Waals surface area contributed by atoms with Gasteiger partial charge in [-0.25, -0.2) is 0 Å². The summed E-state index contributed by atoms with van der Waals surface area (Å²) < 4.78 is 0. The highest BCUT2D eigenvalue weighted by molar-refractivity contribution is 5.79. The van der Waals surface area contributed by atoms with Crippen LogP contribution in [0.25, 0.3) is 0 Å². The molecule has 0 unspecified atom stereocenters. The minimum atomic E-state index is -0.534. The van der Waals surface area contributed by atoms with Gasteiger partial charge in [-0.15, -0.1) is 0 Å². The molecule has 60 valence electrons. The molecule has 1 amide bonds. The van der Waals surface area contributed by atoms with Crippen molar-refractivity contribution in [2.75, 3.05) is 6.54 Å². The first-order valence-corrected chi connectivity index (χ1v) is 3.17. The van der Waals surface area contributed by atoms with Crippen molar-refractivity contribution < 1.29 is 4.79 Å². The van der Waals surface area contributed by atoms with Crippen molar-refractivity contribution in [1.82, 2.24) is 5.43 Å². The molecule has 0 fully saturated rings. The molecule has 5 nitrogen and oxygen atoms in total.